The van der Waals surface area contributed by atoms with Crippen LogP contribution in [0.1, 0.15) is 17.0 Å². The maximum absolute atomic E-state index is 5.50. The zero-order valence-corrected chi connectivity index (χ0v) is 6.72. The first-order valence-electron chi connectivity index (χ1n) is 3.88. The molecule has 2 heterocycles. The van der Waals surface area contributed by atoms with Crippen molar-refractivity contribution in [1.82, 2.24) is 9.88 Å². The van der Waals surface area contributed by atoms with Gasteiger partial charge in [-0.15, -0.1) is 0 Å². The van der Waals surface area contributed by atoms with Crippen LogP contribution in [-0.4, -0.2) is 16.9 Å². The van der Waals surface area contributed by atoms with E-state index in [1.54, 1.807) is 0 Å². The number of hydrogen-bond donors (Lipinski definition) is 2. The Labute approximate surface area is 66.2 Å². The van der Waals surface area contributed by atoms with E-state index in [1.165, 1.54) is 11.3 Å². The van der Waals surface area contributed by atoms with Crippen LogP contribution in [0.5, 0.6) is 0 Å². The summed E-state index contributed by atoms with van der Waals surface area (Å²) in [6, 6.07) is 2.17. The second-order valence-corrected chi connectivity index (χ2v) is 3.17. The van der Waals surface area contributed by atoms with Gasteiger partial charge in [0.25, 0.3) is 0 Å². The van der Waals surface area contributed by atoms with Crippen molar-refractivity contribution < 1.29 is 0 Å². The first kappa shape index (κ1) is 6.88. The van der Waals surface area contributed by atoms with Crippen LogP contribution in [0.3, 0.4) is 0 Å². The van der Waals surface area contributed by atoms with Crippen LogP contribution >= 0.6 is 0 Å². The summed E-state index contributed by atoms with van der Waals surface area (Å²) in [4.78, 5) is 5.59. The molecule has 11 heavy (non-hydrogen) atoms. The number of nitrogens with two attached hydrogens (primary N) is 1. The van der Waals surface area contributed by atoms with Crippen molar-refractivity contribution in [1.29, 1.82) is 0 Å². The highest BCUT2D eigenvalue weighted by Crippen LogP contribution is 2.21. The molecule has 0 fully saturated rings. The second kappa shape index (κ2) is 2.36. The molecule has 0 bridgehead atoms. The lowest BCUT2D eigenvalue weighted by Gasteiger charge is -2.04. The Bertz CT molecular complexity index is 241. The number of nitrogens with zero attached hydrogens (tertiary/aromatic N) is 1. The van der Waals surface area contributed by atoms with Gasteiger partial charge in [-0.2, -0.15) is 0 Å². The molecule has 3 N–H and O–H groups in total. The van der Waals surface area contributed by atoms with E-state index < -0.39 is 0 Å². The first-order valence-corrected chi connectivity index (χ1v) is 3.88. The van der Waals surface area contributed by atoms with Crippen LogP contribution in [0, 0.1) is 0 Å². The molecule has 0 saturated carbocycles. The van der Waals surface area contributed by atoms with E-state index >= 15 is 0 Å². The highest BCUT2D eigenvalue weighted by Gasteiger charge is 2.17. The summed E-state index contributed by atoms with van der Waals surface area (Å²) >= 11 is 0. The highest BCUT2D eigenvalue weighted by atomic mass is 15.1. The number of H-pyrrole nitrogens is 1. The van der Waals surface area contributed by atoms with E-state index in [0.29, 0.717) is 6.54 Å². The van der Waals surface area contributed by atoms with Crippen molar-refractivity contribution in [2.24, 2.45) is 5.73 Å². The fraction of sp³-hybridized carbons (Fsp3) is 0.500. The number of fused-ring (bicyclic) bond motifs is 1. The van der Waals surface area contributed by atoms with Crippen LogP contribution < -0.4 is 5.73 Å². The number of aromatic amines is 1. The van der Waals surface area contributed by atoms with Crippen LogP contribution in [0.15, 0.2) is 6.07 Å². The third-order valence-corrected chi connectivity index (χ3v) is 2.14. The van der Waals surface area contributed by atoms with E-state index in [-0.39, 0.29) is 0 Å². The van der Waals surface area contributed by atoms with Gasteiger partial charge < -0.3 is 10.7 Å². The van der Waals surface area contributed by atoms with E-state index in [0.717, 1.165) is 18.8 Å². The van der Waals surface area contributed by atoms with E-state index in [9.17, 15) is 0 Å². The van der Waals surface area contributed by atoms with Crippen molar-refractivity contribution in [3.8, 4) is 0 Å². The Morgan fingerprint density at radius 1 is 1.64 bits per heavy atom. The number of rotatable bonds is 1. The van der Waals surface area contributed by atoms with Gasteiger partial charge in [0, 0.05) is 31.0 Å². The molecule has 1 aliphatic rings. The maximum Gasteiger partial charge on any atom is 0.0388 e. The summed E-state index contributed by atoms with van der Waals surface area (Å²) in [5, 5.41) is 0. The van der Waals surface area contributed by atoms with Crippen LogP contribution in [0.4, 0.5) is 0 Å². The molecule has 0 unspecified atom stereocenters. The molecule has 3 nitrogen and oxygen atoms in total. The highest BCUT2D eigenvalue weighted by molar-refractivity contribution is 5.28. The van der Waals surface area contributed by atoms with E-state index in [2.05, 4.69) is 23.0 Å². The third-order valence-electron chi connectivity index (χ3n) is 2.14. The third kappa shape index (κ3) is 1.06. The SMILES string of the molecule is CN1Cc2cc(CN)[nH]c2C1. The molecule has 0 aliphatic carbocycles. The minimum atomic E-state index is 0.622. The molecule has 0 radical (unpaired) electrons. The molecule has 1 aromatic heterocycles. The average Bonchev–Trinajstić information content (AvgIpc) is 2.43. The van der Waals surface area contributed by atoms with Gasteiger partial charge >= 0.3 is 0 Å². The summed E-state index contributed by atoms with van der Waals surface area (Å²) < 4.78 is 0. The Morgan fingerprint density at radius 3 is 3.09 bits per heavy atom. The van der Waals surface area contributed by atoms with Gasteiger partial charge in [0.15, 0.2) is 0 Å². The smallest absolute Gasteiger partial charge is 0.0388 e. The lowest BCUT2D eigenvalue weighted by molar-refractivity contribution is 0.349. The molecular formula is C8H13N3. The lowest BCUT2D eigenvalue weighted by Crippen LogP contribution is -2.09. The first-order chi connectivity index (χ1) is 5.29. The van der Waals surface area contributed by atoms with Gasteiger partial charge in [0.2, 0.25) is 0 Å². The summed E-state index contributed by atoms with van der Waals surface area (Å²) in [6.45, 7) is 2.72. The summed E-state index contributed by atoms with van der Waals surface area (Å²) in [5.41, 5.74) is 9.41. The van der Waals surface area contributed by atoms with Gasteiger partial charge in [-0.05, 0) is 18.7 Å². The normalized spacial score (nSPS) is 17.3. The van der Waals surface area contributed by atoms with Crippen molar-refractivity contribution in [3.63, 3.8) is 0 Å². The zero-order valence-electron chi connectivity index (χ0n) is 6.72. The Balaban J connectivity index is 2.29. The number of nitrogens with one attached hydrogen (secondary N) is 1. The van der Waals surface area contributed by atoms with E-state index in [4.69, 9.17) is 5.73 Å². The number of aromatic nitrogens is 1. The van der Waals surface area contributed by atoms with Crippen molar-refractivity contribution >= 4 is 0 Å². The molecule has 1 aromatic rings. The Hall–Kier alpha value is -0.800. The number of hydrogen-bond acceptors (Lipinski definition) is 2. The molecule has 60 valence electrons. The fourth-order valence-electron chi connectivity index (χ4n) is 1.62. The van der Waals surface area contributed by atoms with Crippen LogP contribution in [0.25, 0.3) is 0 Å². The lowest BCUT2D eigenvalue weighted by atomic mass is 10.3. The zero-order chi connectivity index (χ0) is 7.84. The standard InChI is InChI=1S/C8H13N3/c1-11-4-6-2-7(3-9)10-8(6)5-11/h2,10H,3-5,9H2,1H3. The quantitative estimate of drug-likeness (QED) is 0.611. The maximum atomic E-state index is 5.50. The van der Waals surface area contributed by atoms with Gasteiger partial charge in [0.1, 0.15) is 0 Å². The molecule has 0 aromatic carbocycles. The predicted molar refractivity (Wildman–Crippen MR) is 43.9 cm³/mol. The molecule has 0 spiro atoms. The van der Waals surface area contributed by atoms with Gasteiger partial charge in [-0.25, -0.2) is 0 Å². The predicted octanol–water partition coefficient (Wildman–Crippen LogP) is 0.419. The molecule has 0 saturated heterocycles. The second-order valence-electron chi connectivity index (χ2n) is 3.17. The monoisotopic (exact) mass is 151 g/mol. The molecule has 3 heteroatoms. The topological polar surface area (TPSA) is 45.0 Å². The van der Waals surface area contributed by atoms with Gasteiger partial charge in [-0.3, -0.25) is 4.90 Å². The molecule has 1 aliphatic heterocycles. The Morgan fingerprint density at radius 2 is 2.45 bits per heavy atom. The fourth-order valence-corrected chi connectivity index (χ4v) is 1.62. The van der Waals surface area contributed by atoms with Crippen molar-refractivity contribution in [3.05, 3.63) is 23.0 Å². The summed E-state index contributed by atoms with van der Waals surface area (Å²) in [6.07, 6.45) is 0. The average molecular weight is 151 g/mol. The minimum Gasteiger partial charge on any atom is -0.360 e. The summed E-state index contributed by atoms with van der Waals surface area (Å²) in [5.74, 6) is 0. The van der Waals surface area contributed by atoms with Crippen molar-refractivity contribution in [2.75, 3.05) is 7.05 Å². The summed E-state index contributed by atoms with van der Waals surface area (Å²) in [7, 11) is 2.12. The molecule has 2 rings (SSSR count). The minimum absolute atomic E-state index is 0.622. The largest absolute Gasteiger partial charge is 0.360 e. The van der Waals surface area contributed by atoms with Crippen LogP contribution in [-0.2, 0) is 19.6 Å². The Kier molecular flexibility index (Phi) is 1.47. The molecule has 0 amide bonds. The van der Waals surface area contributed by atoms with Gasteiger partial charge in [0.05, 0.1) is 0 Å². The van der Waals surface area contributed by atoms with E-state index in [1.807, 2.05) is 0 Å². The molecular weight excluding hydrogens is 138 g/mol. The van der Waals surface area contributed by atoms with Crippen molar-refractivity contribution in [2.45, 2.75) is 19.6 Å². The van der Waals surface area contributed by atoms with Crippen LogP contribution in [0.2, 0.25) is 0 Å². The van der Waals surface area contributed by atoms with Gasteiger partial charge in [-0.1, -0.05) is 0 Å². The molecule has 0 atom stereocenters.